The quantitative estimate of drug-likeness (QED) is 0.606. The third-order valence-corrected chi connectivity index (χ3v) is 5.12. The van der Waals surface area contributed by atoms with Crippen LogP contribution in [0, 0.1) is 0 Å². The van der Waals surface area contributed by atoms with E-state index in [0.29, 0.717) is 15.6 Å². The van der Waals surface area contributed by atoms with Gasteiger partial charge in [0, 0.05) is 24.7 Å². The predicted molar refractivity (Wildman–Crippen MR) is 85.8 cm³/mol. The fraction of sp³-hybridized carbons (Fsp3) is 0.250. The zero-order valence-electron chi connectivity index (χ0n) is 10.8. The number of Topliss-reactive ketones (excluding diaryl/α,β-unsaturated/α-hetero) is 1. The van der Waals surface area contributed by atoms with Gasteiger partial charge >= 0.3 is 0 Å². The molecule has 8 heteroatoms. The number of hydrogen-bond acceptors (Lipinski definition) is 6. The normalized spacial score (nSPS) is 10.6. The average molecular weight is 348 g/mol. The molecule has 0 atom stereocenters. The second kappa shape index (κ2) is 6.76. The van der Waals surface area contributed by atoms with Crippen LogP contribution in [-0.4, -0.2) is 35.8 Å². The van der Waals surface area contributed by atoms with Crippen LogP contribution in [0.4, 0.5) is 5.13 Å². The number of halogens is 2. The molecule has 106 valence electrons. The average Bonchev–Trinajstić information content (AvgIpc) is 2.88. The number of thioether (sulfide) groups is 1. The van der Waals surface area contributed by atoms with E-state index in [2.05, 4.69) is 10.2 Å². The number of aromatic nitrogens is 2. The van der Waals surface area contributed by atoms with E-state index in [0.717, 1.165) is 9.47 Å². The third kappa shape index (κ3) is 3.85. The van der Waals surface area contributed by atoms with Crippen LogP contribution < -0.4 is 4.90 Å². The molecule has 4 nitrogen and oxygen atoms in total. The smallest absolute Gasteiger partial charge is 0.208 e. The van der Waals surface area contributed by atoms with Crippen LogP contribution in [0.2, 0.25) is 10.0 Å². The van der Waals surface area contributed by atoms with Gasteiger partial charge in [-0.15, -0.1) is 10.2 Å². The Bertz CT molecular complexity index is 631. The summed E-state index contributed by atoms with van der Waals surface area (Å²) >= 11 is 14.7. The van der Waals surface area contributed by atoms with Crippen LogP contribution in [0.3, 0.4) is 0 Å². The zero-order valence-corrected chi connectivity index (χ0v) is 13.9. The summed E-state index contributed by atoms with van der Waals surface area (Å²) in [5, 5.41) is 9.74. The van der Waals surface area contributed by atoms with Gasteiger partial charge < -0.3 is 4.90 Å². The van der Waals surface area contributed by atoms with Gasteiger partial charge in [-0.25, -0.2) is 0 Å². The minimum atomic E-state index is -0.0795. The van der Waals surface area contributed by atoms with Crippen LogP contribution in [0.5, 0.6) is 0 Å². The van der Waals surface area contributed by atoms with E-state index in [4.69, 9.17) is 23.2 Å². The second-order valence-electron chi connectivity index (χ2n) is 4.08. The van der Waals surface area contributed by atoms with Crippen molar-refractivity contribution in [1.29, 1.82) is 0 Å². The van der Waals surface area contributed by atoms with Crippen LogP contribution in [0.15, 0.2) is 22.5 Å². The molecular weight excluding hydrogens is 337 g/mol. The molecule has 0 saturated heterocycles. The molecule has 0 unspecified atom stereocenters. The number of nitrogens with zero attached hydrogens (tertiary/aromatic N) is 3. The molecule has 0 N–H and O–H groups in total. The first-order chi connectivity index (χ1) is 9.47. The van der Waals surface area contributed by atoms with Crippen LogP contribution in [0.25, 0.3) is 0 Å². The molecule has 0 fully saturated rings. The predicted octanol–water partition coefficient (Wildman–Crippen LogP) is 3.89. The summed E-state index contributed by atoms with van der Waals surface area (Å²) in [4.78, 5) is 14.0. The van der Waals surface area contributed by atoms with E-state index in [-0.39, 0.29) is 11.5 Å². The van der Waals surface area contributed by atoms with Crippen LogP contribution in [-0.2, 0) is 0 Å². The second-order valence-corrected chi connectivity index (χ2v) is 7.10. The number of benzene rings is 1. The van der Waals surface area contributed by atoms with Crippen molar-refractivity contribution in [3.63, 3.8) is 0 Å². The first kappa shape index (κ1) is 15.6. The van der Waals surface area contributed by atoms with Crippen molar-refractivity contribution in [2.24, 2.45) is 0 Å². The molecule has 0 amide bonds. The van der Waals surface area contributed by atoms with E-state index < -0.39 is 0 Å². The van der Waals surface area contributed by atoms with E-state index in [9.17, 15) is 4.79 Å². The lowest BCUT2D eigenvalue weighted by Crippen LogP contribution is -2.07. The Labute approximate surface area is 135 Å². The molecule has 0 saturated carbocycles. The summed E-state index contributed by atoms with van der Waals surface area (Å²) in [7, 11) is 3.79. The maximum absolute atomic E-state index is 12.1. The molecule has 1 aromatic heterocycles. The van der Waals surface area contributed by atoms with Gasteiger partial charge in [-0.1, -0.05) is 46.3 Å². The molecule has 20 heavy (non-hydrogen) atoms. The first-order valence-electron chi connectivity index (χ1n) is 5.59. The van der Waals surface area contributed by atoms with E-state index in [1.54, 1.807) is 18.2 Å². The number of carbonyl (C=O) groups is 1. The molecule has 0 aliphatic rings. The summed E-state index contributed by atoms with van der Waals surface area (Å²) in [5.41, 5.74) is 0.434. The van der Waals surface area contributed by atoms with Gasteiger partial charge in [0.05, 0.1) is 10.8 Å². The zero-order chi connectivity index (χ0) is 14.7. The number of anilines is 1. The summed E-state index contributed by atoms with van der Waals surface area (Å²) in [6.07, 6.45) is 0. The lowest BCUT2D eigenvalue weighted by Gasteiger charge is -2.04. The van der Waals surface area contributed by atoms with Gasteiger partial charge in [-0.2, -0.15) is 0 Å². The number of rotatable bonds is 5. The van der Waals surface area contributed by atoms with Gasteiger partial charge in [0.2, 0.25) is 5.13 Å². The Morgan fingerprint density at radius 1 is 1.35 bits per heavy atom. The summed E-state index contributed by atoms with van der Waals surface area (Å²) in [5.74, 6) is 0.173. The van der Waals surface area contributed by atoms with E-state index in [1.807, 2.05) is 19.0 Å². The molecule has 0 bridgehead atoms. The number of ketones is 1. The molecule has 1 aromatic carbocycles. The van der Waals surface area contributed by atoms with Gasteiger partial charge in [-0.3, -0.25) is 4.79 Å². The van der Waals surface area contributed by atoms with Crippen molar-refractivity contribution in [1.82, 2.24) is 10.2 Å². The fourth-order valence-electron chi connectivity index (χ4n) is 1.36. The molecule has 2 rings (SSSR count). The van der Waals surface area contributed by atoms with Crippen molar-refractivity contribution < 1.29 is 4.79 Å². The standard InChI is InChI=1S/C12H11Cl2N3OS2/c1-17(2)11-15-16-12(20-11)19-6-10(18)8-5-7(13)3-4-9(8)14/h3-5H,6H2,1-2H3. The molecular formula is C12H11Cl2N3OS2. The first-order valence-corrected chi connectivity index (χ1v) is 8.15. The summed E-state index contributed by atoms with van der Waals surface area (Å²) < 4.78 is 0.750. The highest BCUT2D eigenvalue weighted by molar-refractivity contribution is 8.01. The van der Waals surface area contributed by atoms with Crippen LogP contribution in [0.1, 0.15) is 10.4 Å². The largest absolute Gasteiger partial charge is 0.353 e. The van der Waals surface area contributed by atoms with E-state index in [1.165, 1.54) is 23.1 Å². The fourth-order valence-corrected chi connectivity index (χ4v) is 3.40. The Balaban J connectivity index is 2.02. The lowest BCUT2D eigenvalue weighted by molar-refractivity contribution is 0.102. The number of carbonyl (C=O) groups excluding carboxylic acids is 1. The highest BCUT2D eigenvalue weighted by Crippen LogP contribution is 2.28. The highest BCUT2D eigenvalue weighted by atomic mass is 35.5. The SMILES string of the molecule is CN(C)c1nnc(SCC(=O)c2cc(Cl)ccc2Cl)s1. The minimum Gasteiger partial charge on any atom is -0.353 e. The molecule has 2 aromatic rings. The van der Waals surface area contributed by atoms with Gasteiger partial charge in [-0.05, 0) is 18.2 Å². The maximum atomic E-state index is 12.1. The minimum absolute atomic E-state index is 0.0795. The Morgan fingerprint density at radius 3 is 2.75 bits per heavy atom. The van der Waals surface area contributed by atoms with Gasteiger partial charge in [0.25, 0.3) is 0 Å². The Hall–Kier alpha value is -0.820. The van der Waals surface area contributed by atoms with Crippen molar-refractivity contribution in [3.05, 3.63) is 33.8 Å². The van der Waals surface area contributed by atoms with Crippen LogP contribution >= 0.6 is 46.3 Å². The highest BCUT2D eigenvalue weighted by Gasteiger charge is 2.13. The topological polar surface area (TPSA) is 46.1 Å². The Morgan fingerprint density at radius 2 is 2.10 bits per heavy atom. The summed E-state index contributed by atoms with van der Waals surface area (Å²) in [6, 6.07) is 4.86. The van der Waals surface area contributed by atoms with Crippen molar-refractivity contribution >= 4 is 57.2 Å². The van der Waals surface area contributed by atoms with Crippen molar-refractivity contribution in [3.8, 4) is 0 Å². The molecule has 0 spiro atoms. The molecule has 0 radical (unpaired) electrons. The lowest BCUT2D eigenvalue weighted by atomic mass is 10.1. The molecule has 0 aliphatic carbocycles. The van der Waals surface area contributed by atoms with Crippen molar-refractivity contribution in [2.45, 2.75) is 4.34 Å². The van der Waals surface area contributed by atoms with E-state index >= 15 is 0 Å². The Kier molecular flexibility index (Phi) is 5.26. The van der Waals surface area contributed by atoms with Crippen molar-refractivity contribution in [2.75, 3.05) is 24.7 Å². The monoisotopic (exact) mass is 347 g/mol. The summed E-state index contributed by atoms with van der Waals surface area (Å²) in [6.45, 7) is 0. The number of hydrogen-bond donors (Lipinski definition) is 0. The third-order valence-electron chi connectivity index (χ3n) is 2.33. The van der Waals surface area contributed by atoms with Gasteiger partial charge in [0.15, 0.2) is 10.1 Å². The molecule has 0 aliphatic heterocycles. The molecule has 1 heterocycles. The van der Waals surface area contributed by atoms with Gasteiger partial charge in [0.1, 0.15) is 0 Å². The maximum Gasteiger partial charge on any atom is 0.208 e.